The molecule has 1 aliphatic carbocycles. The molecule has 1 aromatic rings. The van der Waals surface area contributed by atoms with Crippen molar-refractivity contribution in [3.63, 3.8) is 0 Å². The van der Waals surface area contributed by atoms with Gasteiger partial charge in [0, 0.05) is 12.5 Å². The molecule has 27 heavy (non-hydrogen) atoms. The molecule has 0 amide bonds. The average molecular weight is 452 g/mol. The minimum atomic E-state index is -2.33. The largest absolute Gasteiger partial charge is 1.00 e. The maximum Gasteiger partial charge on any atom is 1.00 e. The van der Waals surface area contributed by atoms with Crippen LogP contribution < -0.4 is 118 Å². The van der Waals surface area contributed by atoms with E-state index in [1.54, 1.807) is 7.11 Å². The molecular formula is C18H28ClK2NO5. The predicted molar refractivity (Wildman–Crippen MR) is 95.0 cm³/mol. The maximum absolute atomic E-state index is 11.1. The minimum absolute atomic E-state index is 0. The van der Waals surface area contributed by atoms with Gasteiger partial charge in [-0.25, -0.2) is 0 Å². The molecule has 2 rings (SSSR count). The number of likely N-dealkylation sites (N-methyl/N-ethyl adjacent to an activating group) is 1. The smallest absolute Gasteiger partial charge is 0.652 e. The number of carbonyl (C=O) groups is 1. The molecule has 1 aliphatic rings. The molecule has 144 valence electrons. The van der Waals surface area contributed by atoms with Crippen molar-refractivity contribution >= 4 is 18.6 Å². The van der Waals surface area contributed by atoms with E-state index in [1.165, 1.54) is 12.0 Å². The zero-order valence-corrected chi connectivity index (χ0v) is 24.1. The molecule has 1 fully saturated rings. The summed E-state index contributed by atoms with van der Waals surface area (Å²) in [5.41, 5.74) is 0.654. The van der Waals surface area contributed by atoms with Crippen molar-refractivity contribution in [3.8, 4) is 5.75 Å². The van der Waals surface area contributed by atoms with Crippen LogP contribution in [0.5, 0.6) is 5.75 Å². The van der Waals surface area contributed by atoms with E-state index in [-0.39, 0.29) is 121 Å². The molecule has 1 N–H and O–H groups in total. The summed E-state index contributed by atoms with van der Waals surface area (Å²) in [7, 11) is 5.83. The van der Waals surface area contributed by atoms with E-state index in [4.69, 9.17) is 19.7 Å². The van der Waals surface area contributed by atoms with Crippen molar-refractivity contribution in [3.05, 3.63) is 29.8 Å². The van der Waals surface area contributed by atoms with Crippen LogP contribution in [0.15, 0.2) is 24.3 Å². The number of carbonyl (C=O) groups excluding carboxylic acids is 1. The first-order chi connectivity index (χ1) is 11.3. The van der Waals surface area contributed by atoms with E-state index in [0.717, 1.165) is 38.0 Å². The van der Waals surface area contributed by atoms with Gasteiger partial charge < -0.3 is 29.8 Å². The number of ether oxygens (including phenoxy) is 1. The Hall–Kier alpha value is 1.77. The number of rotatable bonds is 5. The molecule has 1 saturated carbocycles. The van der Waals surface area contributed by atoms with Gasteiger partial charge in [0.25, 0.3) is 0 Å². The molecule has 0 saturated heterocycles. The van der Waals surface area contributed by atoms with E-state index in [9.17, 15) is 5.11 Å². The first kappa shape index (κ1) is 33.4. The second-order valence-electron chi connectivity index (χ2n) is 6.50. The van der Waals surface area contributed by atoms with Gasteiger partial charge in [-0.2, -0.15) is 0 Å². The third-order valence-corrected chi connectivity index (χ3v) is 4.43. The van der Waals surface area contributed by atoms with Gasteiger partial charge in [0.2, 0.25) is 0 Å². The van der Waals surface area contributed by atoms with Crippen molar-refractivity contribution in [1.29, 1.82) is 0 Å². The molecule has 0 bridgehead atoms. The number of hydrogen-bond donors (Lipinski definition) is 1. The molecule has 0 aromatic heterocycles. The van der Waals surface area contributed by atoms with Crippen LogP contribution in [0, 0.1) is 0 Å². The standard InChI is InChI=1S/C17H27NO2.CH2O3.ClH.2K/c1-18(2)13-16(17(19)11-5-4-6-12-17)14-7-9-15(20-3)10-8-14;2-1(3)4;;;/h7-10,16,19H,4-6,11-13H2,1-3H3;(H2,2,3,4);1H;;/q;;;2*+1/p-2. The first-order valence-electron chi connectivity index (χ1n) is 8.17. The van der Waals surface area contributed by atoms with E-state index in [1.807, 2.05) is 12.1 Å². The SMILES string of the molecule is COc1ccc(C(CN(C)C)C2(O)CCCCC2)cc1.Cl.O=C([O-])[O-].[K+].[K+]. The van der Waals surface area contributed by atoms with E-state index in [2.05, 4.69) is 31.1 Å². The third-order valence-electron chi connectivity index (χ3n) is 4.43. The Bertz CT molecular complexity index is 507. The minimum Gasteiger partial charge on any atom is -0.652 e. The van der Waals surface area contributed by atoms with Crippen LogP contribution >= 0.6 is 12.4 Å². The molecular weight excluding hydrogens is 424 g/mol. The fourth-order valence-corrected chi connectivity index (χ4v) is 3.30. The Morgan fingerprint density at radius 3 is 1.96 bits per heavy atom. The second-order valence-corrected chi connectivity index (χ2v) is 6.50. The van der Waals surface area contributed by atoms with Crippen LogP contribution in [0.3, 0.4) is 0 Å². The molecule has 0 spiro atoms. The van der Waals surface area contributed by atoms with Gasteiger partial charge in [-0.05, 0) is 50.8 Å². The summed E-state index contributed by atoms with van der Waals surface area (Å²) in [6.07, 6.45) is 3.02. The van der Waals surface area contributed by atoms with Crippen molar-refractivity contribution in [2.45, 2.75) is 43.6 Å². The monoisotopic (exact) mass is 451 g/mol. The van der Waals surface area contributed by atoms with E-state index >= 15 is 0 Å². The van der Waals surface area contributed by atoms with Crippen LogP contribution in [-0.4, -0.2) is 49.5 Å². The van der Waals surface area contributed by atoms with Gasteiger partial charge in [0.15, 0.2) is 0 Å². The maximum atomic E-state index is 11.1. The molecule has 1 atom stereocenters. The summed E-state index contributed by atoms with van der Waals surface area (Å²) in [6.45, 7) is 0.878. The molecule has 1 aromatic carbocycles. The van der Waals surface area contributed by atoms with Crippen molar-refractivity contribution < 1.29 is 128 Å². The number of benzene rings is 1. The normalized spacial score (nSPS) is 15.6. The Morgan fingerprint density at radius 1 is 1.15 bits per heavy atom. The zero-order chi connectivity index (χ0) is 18.2. The van der Waals surface area contributed by atoms with Crippen LogP contribution in [0.4, 0.5) is 4.79 Å². The summed E-state index contributed by atoms with van der Waals surface area (Å²) in [5, 5.41) is 27.8. The topological polar surface area (TPSA) is 95.9 Å². The van der Waals surface area contributed by atoms with E-state index < -0.39 is 11.8 Å². The van der Waals surface area contributed by atoms with Crippen LogP contribution in [0.1, 0.15) is 43.6 Å². The number of halogens is 1. The Labute approximate surface area is 253 Å². The number of nitrogens with zero attached hydrogens (tertiary/aromatic N) is 1. The molecule has 1 unspecified atom stereocenters. The van der Waals surface area contributed by atoms with Gasteiger partial charge in [0.05, 0.1) is 12.7 Å². The quantitative estimate of drug-likeness (QED) is 0.450. The third kappa shape index (κ3) is 12.9. The average Bonchev–Trinajstić information content (AvgIpc) is 2.53. The van der Waals surface area contributed by atoms with E-state index in [0.29, 0.717) is 0 Å². The Morgan fingerprint density at radius 2 is 1.59 bits per heavy atom. The van der Waals surface area contributed by atoms with Gasteiger partial charge in [0.1, 0.15) is 5.75 Å². The second kappa shape index (κ2) is 17.5. The first-order valence-corrected chi connectivity index (χ1v) is 8.17. The summed E-state index contributed by atoms with van der Waals surface area (Å²) < 4.78 is 5.23. The summed E-state index contributed by atoms with van der Waals surface area (Å²) in [4.78, 5) is 10.5. The van der Waals surface area contributed by atoms with Crippen molar-refractivity contribution in [2.75, 3.05) is 27.7 Å². The van der Waals surface area contributed by atoms with Gasteiger partial charge in [-0.15, -0.1) is 12.4 Å². The molecule has 0 heterocycles. The van der Waals surface area contributed by atoms with Crippen LogP contribution in [0.2, 0.25) is 0 Å². The zero-order valence-electron chi connectivity index (χ0n) is 17.1. The van der Waals surface area contributed by atoms with Crippen molar-refractivity contribution in [2.24, 2.45) is 0 Å². The molecule has 9 heteroatoms. The Balaban J connectivity index is -0.000000751. The number of methoxy groups -OCH3 is 1. The number of aliphatic hydroxyl groups is 1. The van der Waals surface area contributed by atoms with Gasteiger partial charge >= 0.3 is 103 Å². The number of hydrogen-bond acceptors (Lipinski definition) is 6. The number of carboxylic acid groups (broad SMARTS) is 2. The fraction of sp³-hybridized carbons (Fsp3) is 0.611. The van der Waals surface area contributed by atoms with Crippen molar-refractivity contribution in [1.82, 2.24) is 4.90 Å². The summed E-state index contributed by atoms with van der Waals surface area (Å²) in [5.74, 6) is 1.04. The van der Waals surface area contributed by atoms with Crippen LogP contribution in [-0.2, 0) is 0 Å². The summed E-state index contributed by atoms with van der Waals surface area (Å²) >= 11 is 0. The predicted octanol–water partition coefficient (Wildman–Crippen LogP) is -4.98. The molecule has 0 radical (unpaired) electrons. The molecule has 6 nitrogen and oxygen atoms in total. The summed E-state index contributed by atoms with van der Waals surface area (Å²) in [6, 6.07) is 8.17. The molecule has 0 aliphatic heterocycles. The van der Waals surface area contributed by atoms with Gasteiger partial charge in [-0.1, -0.05) is 31.4 Å². The van der Waals surface area contributed by atoms with Crippen LogP contribution in [0.25, 0.3) is 0 Å². The fourth-order valence-electron chi connectivity index (χ4n) is 3.30. The Kier molecular flexibility index (Phi) is 21.6. The van der Waals surface area contributed by atoms with Gasteiger partial charge in [-0.3, -0.25) is 0 Å².